The second kappa shape index (κ2) is 9.24. The second-order valence-corrected chi connectivity index (χ2v) is 9.31. The van der Waals surface area contributed by atoms with Crippen molar-refractivity contribution in [1.29, 1.82) is 0 Å². The number of rotatable bonds is 4. The fraction of sp³-hybridized carbons (Fsp3) is 0.381. The molecule has 3 aromatic rings. The number of nitrogen functional groups attached to an aromatic ring is 2. The number of guanidine groups is 1. The summed E-state index contributed by atoms with van der Waals surface area (Å²) in [6, 6.07) is 7.51. The lowest BCUT2D eigenvalue weighted by Crippen LogP contribution is -2.57. The van der Waals surface area contributed by atoms with E-state index < -0.39 is 5.91 Å². The van der Waals surface area contributed by atoms with Crippen molar-refractivity contribution in [3.8, 4) is 0 Å². The number of aliphatic imine (C=N–C) groups is 1. The molecule has 0 bridgehead atoms. The zero-order valence-electron chi connectivity index (χ0n) is 18.7. The number of likely N-dealkylation sites (tertiary alicyclic amines) is 1. The van der Waals surface area contributed by atoms with Crippen LogP contribution in [0.3, 0.4) is 0 Å². The zero-order chi connectivity index (χ0) is 24.6. The Hall–Kier alpha value is -3.56. The van der Waals surface area contributed by atoms with Crippen LogP contribution in [-0.4, -0.2) is 72.8 Å². The number of piperidine rings is 1. The van der Waals surface area contributed by atoms with Crippen LogP contribution in [0.15, 0.2) is 29.3 Å². The van der Waals surface area contributed by atoms with Gasteiger partial charge in [0.1, 0.15) is 23.4 Å². The Morgan fingerprint density at radius 2 is 1.77 bits per heavy atom. The van der Waals surface area contributed by atoms with E-state index in [9.17, 15) is 9.59 Å². The van der Waals surface area contributed by atoms with Crippen molar-refractivity contribution in [1.82, 2.24) is 40.5 Å². The van der Waals surface area contributed by atoms with Crippen LogP contribution in [0.2, 0.25) is 0 Å². The first-order valence-corrected chi connectivity index (χ1v) is 12.6. The highest BCUT2D eigenvalue weighted by atomic mass is 127. The molecule has 2 aromatic heterocycles. The number of hydrogen-bond donors (Lipinski definition) is 4. The molecule has 182 valence electrons. The van der Waals surface area contributed by atoms with E-state index in [4.69, 9.17) is 11.5 Å². The van der Waals surface area contributed by atoms with Gasteiger partial charge in [-0.15, -0.1) is 0 Å². The van der Waals surface area contributed by atoms with Gasteiger partial charge >= 0.3 is 0 Å². The Kier molecular flexibility index (Phi) is 6.12. The summed E-state index contributed by atoms with van der Waals surface area (Å²) in [6.45, 7) is 1.73. The maximum atomic E-state index is 12.8. The third-order valence-electron chi connectivity index (χ3n) is 6.20. The van der Waals surface area contributed by atoms with Crippen LogP contribution in [0.25, 0.3) is 11.0 Å². The van der Waals surface area contributed by atoms with Crippen LogP contribution in [0.1, 0.15) is 29.0 Å². The van der Waals surface area contributed by atoms with Crippen LogP contribution < -0.4 is 22.1 Å². The standard InChI is InChI=1S/C21H24IN11O2/c22-9-14-17(23)27-18(24)16(26-14)19(35)28-20-25-11-21(29-20)5-7-32(8-6-21)15(34)10-33-30-12-3-1-2-4-13(12)31-33/h1-4H,5-11H2,(H4,23,24,27)(H2,25,28,29,35). The summed E-state index contributed by atoms with van der Waals surface area (Å²) >= 11 is 2.09. The highest BCUT2D eigenvalue weighted by Gasteiger charge is 2.40. The molecule has 0 aliphatic carbocycles. The number of benzene rings is 1. The van der Waals surface area contributed by atoms with Gasteiger partial charge in [-0.3, -0.25) is 19.9 Å². The summed E-state index contributed by atoms with van der Waals surface area (Å²) < 4.78 is 0.502. The van der Waals surface area contributed by atoms with E-state index in [0.29, 0.717) is 48.6 Å². The Balaban J connectivity index is 1.16. The zero-order valence-corrected chi connectivity index (χ0v) is 20.9. The average molecular weight is 589 g/mol. The SMILES string of the molecule is Nc1nc(N)c(C(=O)NC2=NCC3(CCN(C(=O)Cn4nc5ccccc5n4)CC3)N2)nc1CI. The Labute approximate surface area is 213 Å². The largest absolute Gasteiger partial charge is 0.382 e. The van der Waals surface area contributed by atoms with Gasteiger partial charge in [-0.2, -0.15) is 15.0 Å². The van der Waals surface area contributed by atoms with Gasteiger partial charge < -0.3 is 21.7 Å². The predicted octanol–water partition coefficient (Wildman–Crippen LogP) is 0.0711. The third kappa shape index (κ3) is 4.69. The summed E-state index contributed by atoms with van der Waals surface area (Å²) in [5.74, 6) is -0.00148. The average Bonchev–Trinajstić information content (AvgIpc) is 3.42. The molecular weight excluding hydrogens is 565 g/mol. The molecular formula is C21H24IN11O2. The van der Waals surface area contributed by atoms with Crippen LogP contribution >= 0.6 is 22.6 Å². The van der Waals surface area contributed by atoms with Crippen molar-refractivity contribution in [2.45, 2.75) is 29.4 Å². The van der Waals surface area contributed by atoms with Crippen LogP contribution in [0, 0.1) is 0 Å². The number of nitrogens with zero attached hydrogens (tertiary/aromatic N) is 7. The molecule has 14 heteroatoms. The van der Waals surface area contributed by atoms with Crippen LogP contribution in [0.5, 0.6) is 0 Å². The number of hydrogen-bond acceptors (Lipinski definition) is 10. The van der Waals surface area contributed by atoms with Crippen LogP contribution in [0.4, 0.5) is 11.6 Å². The Morgan fingerprint density at radius 3 is 2.43 bits per heavy atom. The Bertz CT molecular complexity index is 1300. The number of carbonyl (C=O) groups is 2. The normalized spacial score (nSPS) is 16.8. The first-order chi connectivity index (χ1) is 16.9. The highest BCUT2D eigenvalue weighted by Crippen LogP contribution is 2.26. The molecule has 0 saturated carbocycles. The summed E-state index contributed by atoms with van der Waals surface area (Å²) in [5, 5.41) is 14.8. The van der Waals surface area contributed by atoms with Gasteiger partial charge in [-0.05, 0) is 25.0 Å². The Morgan fingerprint density at radius 1 is 1.09 bits per heavy atom. The molecule has 1 fully saturated rings. The van der Waals surface area contributed by atoms with Gasteiger partial charge in [0.2, 0.25) is 5.91 Å². The minimum atomic E-state index is -0.504. The van der Waals surface area contributed by atoms with E-state index >= 15 is 0 Å². The molecule has 35 heavy (non-hydrogen) atoms. The summed E-state index contributed by atoms with van der Waals surface area (Å²) in [6.07, 6.45) is 1.39. The topological polar surface area (TPSA) is 182 Å². The first-order valence-electron chi connectivity index (χ1n) is 11.1. The van der Waals surface area contributed by atoms with E-state index in [0.717, 1.165) is 11.0 Å². The molecule has 0 unspecified atom stereocenters. The molecule has 1 spiro atoms. The molecule has 2 amide bonds. The highest BCUT2D eigenvalue weighted by molar-refractivity contribution is 14.1. The maximum Gasteiger partial charge on any atom is 0.280 e. The third-order valence-corrected chi connectivity index (χ3v) is 6.92. The van der Waals surface area contributed by atoms with Crippen molar-refractivity contribution < 1.29 is 9.59 Å². The monoisotopic (exact) mass is 589 g/mol. The van der Waals surface area contributed by atoms with Gasteiger partial charge in [0.15, 0.2) is 17.5 Å². The van der Waals surface area contributed by atoms with Crippen molar-refractivity contribution >= 4 is 63.0 Å². The lowest BCUT2D eigenvalue weighted by Gasteiger charge is -2.39. The molecule has 1 aromatic carbocycles. The number of anilines is 2. The van der Waals surface area contributed by atoms with E-state index in [1.165, 1.54) is 4.80 Å². The minimum Gasteiger partial charge on any atom is -0.382 e. The van der Waals surface area contributed by atoms with Crippen molar-refractivity contribution in [2.24, 2.45) is 4.99 Å². The maximum absolute atomic E-state index is 12.8. The number of carbonyl (C=O) groups excluding carboxylic acids is 2. The van der Waals surface area contributed by atoms with Gasteiger partial charge in [0.05, 0.1) is 17.8 Å². The summed E-state index contributed by atoms with van der Waals surface area (Å²) in [7, 11) is 0. The quantitative estimate of drug-likeness (QED) is 0.242. The second-order valence-electron chi connectivity index (χ2n) is 8.55. The lowest BCUT2D eigenvalue weighted by molar-refractivity contribution is -0.133. The lowest BCUT2D eigenvalue weighted by atomic mass is 9.88. The summed E-state index contributed by atoms with van der Waals surface area (Å²) in [4.78, 5) is 41.5. The number of amides is 2. The molecule has 5 rings (SSSR count). The van der Waals surface area contributed by atoms with Crippen molar-refractivity contribution in [2.75, 3.05) is 31.1 Å². The molecule has 13 nitrogen and oxygen atoms in total. The van der Waals surface area contributed by atoms with Gasteiger partial charge in [-0.1, -0.05) is 34.7 Å². The molecule has 6 N–H and O–H groups in total. The predicted molar refractivity (Wildman–Crippen MR) is 138 cm³/mol. The van der Waals surface area contributed by atoms with Gasteiger partial charge in [0.25, 0.3) is 5.91 Å². The number of halogens is 1. The molecule has 1 saturated heterocycles. The molecule has 2 aliphatic rings. The number of nitrogens with two attached hydrogens (primary N) is 2. The number of aromatic nitrogens is 5. The van der Waals surface area contributed by atoms with Crippen molar-refractivity contribution in [3.63, 3.8) is 0 Å². The fourth-order valence-electron chi connectivity index (χ4n) is 4.22. The van der Waals surface area contributed by atoms with E-state index in [-0.39, 0.29) is 35.3 Å². The van der Waals surface area contributed by atoms with E-state index in [1.807, 2.05) is 29.2 Å². The van der Waals surface area contributed by atoms with E-state index in [1.54, 1.807) is 0 Å². The number of nitrogens with one attached hydrogen (secondary N) is 2. The number of alkyl halides is 1. The molecule has 0 atom stereocenters. The fourth-order valence-corrected chi connectivity index (χ4v) is 4.78. The summed E-state index contributed by atoms with van der Waals surface area (Å²) in [5.41, 5.74) is 13.4. The molecule has 2 aliphatic heterocycles. The van der Waals surface area contributed by atoms with Gasteiger partial charge in [0, 0.05) is 17.5 Å². The van der Waals surface area contributed by atoms with Crippen LogP contribution in [-0.2, 0) is 15.8 Å². The minimum absolute atomic E-state index is 0.0108. The van der Waals surface area contributed by atoms with Gasteiger partial charge in [-0.25, -0.2) is 9.97 Å². The first kappa shape index (κ1) is 23.2. The van der Waals surface area contributed by atoms with E-state index in [2.05, 4.69) is 58.4 Å². The van der Waals surface area contributed by atoms with Crippen molar-refractivity contribution in [3.05, 3.63) is 35.7 Å². The molecule has 4 heterocycles. The smallest absolute Gasteiger partial charge is 0.280 e. The number of fused-ring (bicyclic) bond motifs is 1. The molecule has 0 radical (unpaired) electrons.